The molecule has 4 nitrogen and oxygen atoms in total. The second-order valence-corrected chi connectivity index (χ2v) is 3.91. The summed E-state index contributed by atoms with van der Waals surface area (Å²) in [4.78, 5) is 25.5. The maximum absolute atomic E-state index is 11.6. The highest BCUT2D eigenvalue weighted by Crippen LogP contribution is 2.18. The van der Waals surface area contributed by atoms with Crippen LogP contribution in [-0.2, 0) is 4.74 Å². The lowest BCUT2D eigenvalue weighted by atomic mass is 10.1. The Kier molecular flexibility index (Phi) is 3.68. The number of esters is 1. The molecule has 1 aromatic heterocycles. The number of aromatic nitrogens is 1. The molecule has 0 saturated carbocycles. The lowest BCUT2D eigenvalue weighted by molar-refractivity contribution is 0.0524. The van der Waals surface area contributed by atoms with Crippen molar-refractivity contribution in [2.45, 2.75) is 20.8 Å². The summed E-state index contributed by atoms with van der Waals surface area (Å²) in [5.41, 5.74) is 1.32. The van der Waals surface area contributed by atoms with Crippen molar-refractivity contribution >= 4 is 21.9 Å². The molecule has 82 valence electrons. The van der Waals surface area contributed by atoms with E-state index >= 15 is 0 Å². The van der Waals surface area contributed by atoms with Gasteiger partial charge in [-0.3, -0.25) is 4.79 Å². The molecule has 0 aromatic carbocycles. The first-order valence-electron chi connectivity index (χ1n) is 4.55. The van der Waals surface area contributed by atoms with Gasteiger partial charge in [-0.15, -0.1) is 0 Å². The van der Waals surface area contributed by atoms with Crippen molar-refractivity contribution in [2.24, 2.45) is 0 Å². The van der Waals surface area contributed by atoms with Crippen molar-refractivity contribution in [3.8, 4) is 0 Å². The second-order valence-electron chi connectivity index (χ2n) is 3.11. The van der Waals surface area contributed by atoms with E-state index < -0.39 is 5.97 Å². The van der Waals surface area contributed by atoms with E-state index in [1.54, 1.807) is 20.8 Å². The van der Waals surface area contributed by atoms with Gasteiger partial charge in [-0.25, -0.2) is 4.79 Å². The number of carbonyl (C=O) groups is 1. The lowest BCUT2D eigenvalue weighted by Gasteiger charge is -2.09. The second kappa shape index (κ2) is 4.61. The molecule has 0 unspecified atom stereocenters. The first-order chi connectivity index (χ1) is 6.99. The maximum atomic E-state index is 11.6. The fourth-order valence-electron chi connectivity index (χ4n) is 1.36. The van der Waals surface area contributed by atoms with Crippen LogP contribution in [0.5, 0.6) is 0 Å². The van der Waals surface area contributed by atoms with E-state index in [1.807, 2.05) is 0 Å². The predicted molar refractivity (Wildman–Crippen MR) is 60.2 cm³/mol. The summed E-state index contributed by atoms with van der Waals surface area (Å²) in [6, 6.07) is 0. The maximum Gasteiger partial charge on any atom is 0.340 e. The Morgan fingerprint density at radius 2 is 2.07 bits per heavy atom. The van der Waals surface area contributed by atoms with E-state index in [9.17, 15) is 9.59 Å². The summed E-state index contributed by atoms with van der Waals surface area (Å²) >= 11 is 3.13. The van der Waals surface area contributed by atoms with E-state index in [4.69, 9.17) is 4.74 Å². The Labute approximate surface area is 95.8 Å². The SMILES string of the molecule is CCOC(=O)c1c(C)[nH]c(=O)c(Br)c1C. The largest absolute Gasteiger partial charge is 0.462 e. The highest BCUT2D eigenvalue weighted by atomic mass is 79.9. The standard InChI is InChI=1S/C10H12BrNO3/c1-4-15-10(14)7-5(2)8(11)9(13)12-6(7)3/h4H2,1-3H3,(H,12,13). The minimum absolute atomic E-state index is 0.238. The van der Waals surface area contributed by atoms with Crippen LogP contribution >= 0.6 is 15.9 Å². The molecule has 0 aliphatic carbocycles. The van der Waals surface area contributed by atoms with Crippen molar-refractivity contribution in [1.82, 2.24) is 4.98 Å². The molecule has 0 atom stereocenters. The minimum atomic E-state index is -0.413. The Bertz CT molecular complexity index is 451. The third-order valence-corrected chi connectivity index (χ3v) is 3.01. The van der Waals surface area contributed by atoms with Crippen LogP contribution in [0, 0.1) is 13.8 Å². The summed E-state index contributed by atoms with van der Waals surface area (Å²) in [6.07, 6.45) is 0. The fourth-order valence-corrected chi connectivity index (χ4v) is 1.66. The molecular formula is C10H12BrNO3. The number of rotatable bonds is 2. The molecule has 0 fully saturated rings. The monoisotopic (exact) mass is 273 g/mol. The summed E-state index contributed by atoms with van der Waals surface area (Å²) < 4.78 is 5.27. The highest BCUT2D eigenvalue weighted by molar-refractivity contribution is 9.10. The third-order valence-electron chi connectivity index (χ3n) is 2.06. The molecule has 0 saturated heterocycles. The minimum Gasteiger partial charge on any atom is -0.462 e. The number of hydrogen-bond acceptors (Lipinski definition) is 3. The van der Waals surface area contributed by atoms with Crippen LogP contribution in [0.15, 0.2) is 9.27 Å². The molecule has 0 radical (unpaired) electrons. The Balaban J connectivity index is 3.36. The van der Waals surface area contributed by atoms with Gasteiger partial charge in [-0.1, -0.05) is 0 Å². The number of nitrogens with one attached hydrogen (secondary N) is 1. The van der Waals surface area contributed by atoms with Crippen molar-refractivity contribution in [3.63, 3.8) is 0 Å². The molecule has 0 amide bonds. The van der Waals surface area contributed by atoms with E-state index in [0.29, 0.717) is 27.9 Å². The molecule has 0 spiro atoms. The van der Waals surface area contributed by atoms with Gasteiger partial charge in [-0.2, -0.15) is 0 Å². The van der Waals surface area contributed by atoms with Gasteiger partial charge in [0.2, 0.25) is 0 Å². The molecule has 15 heavy (non-hydrogen) atoms. The van der Waals surface area contributed by atoms with Gasteiger partial charge >= 0.3 is 5.97 Å². The zero-order valence-corrected chi connectivity index (χ0v) is 10.4. The predicted octanol–water partition coefficient (Wildman–Crippen LogP) is 1.93. The average molecular weight is 274 g/mol. The molecule has 1 heterocycles. The topological polar surface area (TPSA) is 59.2 Å². The van der Waals surface area contributed by atoms with Crippen LogP contribution in [0.2, 0.25) is 0 Å². The van der Waals surface area contributed by atoms with E-state index in [-0.39, 0.29) is 5.56 Å². The van der Waals surface area contributed by atoms with Gasteiger partial charge in [0.25, 0.3) is 5.56 Å². The number of ether oxygens (including phenoxy) is 1. The van der Waals surface area contributed by atoms with Gasteiger partial charge in [0.05, 0.1) is 16.6 Å². The quantitative estimate of drug-likeness (QED) is 0.838. The van der Waals surface area contributed by atoms with Crippen LogP contribution in [0.1, 0.15) is 28.5 Å². The number of aryl methyl sites for hydroxylation is 1. The molecule has 1 rings (SSSR count). The number of carbonyl (C=O) groups excluding carboxylic acids is 1. The first-order valence-corrected chi connectivity index (χ1v) is 5.34. The zero-order valence-electron chi connectivity index (χ0n) is 8.81. The summed E-state index contributed by atoms with van der Waals surface area (Å²) in [5.74, 6) is -0.413. The zero-order chi connectivity index (χ0) is 11.6. The van der Waals surface area contributed by atoms with E-state index in [1.165, 1.54) is 0 Å². The average Bonchev–Trinajstić information content (AvgIpc) is 2.15. The first kappa shape index (κ1) is 12.0. The smallest absolute Gasteiger partial charge is 0.340 e. The summed E-state index contributed by atoms with van der Waals surface area (Å²) in [7, 11) is 0. The van der Waals surface area contributed by atoms with Crippen molar-refractivity contribution < 1.29 is 9.53 Å². The number of H-pyrrole nitrogens is 1. The van der Waals surface area contributed by atoms with Crippen molar-refractivity contribution in [2.75, 3.05) is 6.61 Å². The highest BCUT2D eigenvalue weighted by Gasteiger charge is 2.17. The lowest BCUT2D eigenvalue weighted by Crippen LogP contribution is -2.18. The van der Waals surface area contributed by atoms with Crippen molar-refractivity contribution in [1.29, 1.82) is 0 Å². The van der Waals surface area contributed by atoms with Gasteiger partial charge in [0.15, 0.2) is 0 Å². The van der Waals surface area contributed by atoms with Crippen LogP contribution < -0.4 is 5.56 Å². The van der Waals surface area contributed by atoms with Gasteiger partial charge in [-0.05, 0) is 42.3 Å². The molecule has 5 heteroatoms. The van der Waals surface area contributed by atoms with Gasteiger partial charge in [0.1, 0.15) is 0 Å². The number of halogens is 1. The van der Waals surface area contributed by atoms with Crippen molar-refractivity contribution in [3.05, 3.63) is 31.6 Å². The van der Waals surface area contributed by atoms with Gasteiger partial charge < -0.3 is 9.72 Å². The molecular weight excluding hydrogens is 262 g/mol. The number of aromatic amines is 1. The normalized spacial score (nSPS) is 10.1. The molecule has 1 aromatic rings. The number of pyridine rings is 1. The van der Waals surface area contributed by atoms with Gasteiger partial charge in [0, 0.05) is 5.69 Å². The summed E-state index contributed by atoms with van der Waals surface area (Å²) in [6.45, 7) is 5.43. The van der Waals surface area contributed by atoms with Crippen LogP contribution in [0.3, 0.4) is 0 Å². The van der Waals surface area contributed by atoms with Crippen LogP contribution in [0.4, 0.5) is 0 Å². The third kappa shape index (κ3) is 2.28. The molecule has 0 aliphatic heterocycles. The molecule has 1 N–H and O–H groups in total. The molecule has 0 bridgehead atoms. The van der Waals surface area contributed by atoms with E-state index in [0.717, 1.165) is 0 Å². The summed E-state index contributed by atoms with van der Waals surface area (Å²) in [5, 5.41) is 0. The molecule has 0 aliphatic rings. The number of hydrogen-bond donors (Lipinski definition) is 1. The Morgan fingerprint density at radius 1 is 1.47 bits per heavy atom. The fraction of sp³-hybridized carbons (Fsp3) is 0.400. The Hall–Kier alpha value is -1.10. The Morgan fingerprint density at radius 3 is 2.60 bits per heavy atom. The van der Waals surface area contributed by atoms with E-state index in [2.05, 4.69) is 20.9 Å². The van der Waals surface area contributed by atoms with Crippen LogP contribution in [0.25, 0.3) is 0 Å². The van der Waals surface area contributed by atoms with Crippen LogP contribution in [-0.4, -0.2) is 17.6 Å².